The van der Waals surface area contributed by atoms with Gasteiger partial charge in [0.2, 0.25) is 0 Å². The van der Waals surface area contributed by atoms with Gasteiger partial charge >= 0.3 is 0 Å². The molecule has 1 heteroatoms. The van der Waals surface area contributed by atoms with Gasteiger partial charge in [0, 0.05) is 4.83 Å². The predicted molar refractivity (Wildman–Crippen MR) is 76.4 cm³/mol. The molecule has 0 aliphatic carbocycles. The van der Waals surface area contributed by atoms with Gasteiger partial charge in [-0.25, -0.2) is 0 Å². The Morgan fingerprint density at radius 2 is 1.88 bits per heavy atom. The van der Waals surface area contributed by atoms with Gasteiger partial charge in [0.05, 0.1) is 0 Å². The molecule has 0 aromatic heterocycles. The Bertz CT molecular complexity index is 328. The van der Waals surface area contributed by atoms with E-state index in [4.69, 9.17) is 0 Å². The highest BCUT2D eigenvalue weighted by molar-refractivity contribution is 9.09. The minimum Gasteiger partial charge on any atom is -0.0888 e. The van der Waals surface area contributed by atoms with E-state index >= 15 is 0 Å². The monoisotopic (exact) mass is 282 g/mol. The van der Waals surface area contributed by atoms with Crippen molar-refractivity contribution in [2.45, 2.75) is 51.8 Å². The number of halogens is 1. The lowest BCUT2D eigenvalue weighted by Gasteiger charge is -2.14. The van der Waals surface area contributed by atoms with Crippen LogP contribution in [0.25, 0.3) is 0 Å². The number of benzene rings is 1. The Balaban J connectivity index is 2.45. The van der Waals surface area contributed by atoms with Crippen molar-refractivity contribution in [3.63, 3.8) is 0 Å². The molecule has 0 amide bonds. The zero-order valence-electron chi connectivity index (χ0n) is 10.9. The molecule has 0 nitrogen and oxygen atoms in total. The molecule has 0 aliphatic rings. The summed E-state index contributed by atoms with van der Waals surface area (Å²) in [6, 6.07) is 6.76. The van der Waals surface area contributed by atoms with Crippen LogP contribution in [0, 0.1) is 19.8 Å². The van der Waals surface area contributed by atoms with Crippen molar-refractivity contribution in [2.24, 2.45) is 5.92 Å². The van der Waals surface area contributed by atoms with E-state index in [2.05, 4.69) is 61.8 Å². The van der Waals surface area contributed by atoms with E-state index in [9.17, 15) is 0 Å². The molecule has 0 heterocycles. The summed E-state index contributed by atoms with van der Waals surface area (Å²) in [5.74, 6) is 0.735. The van der Waals surface area contributed by atoms with Crippen LogP contribution in [0.15, 0.2) is 18.2 Å². The topological polar surface area (TPSA) is 0 Å². The Kier molecular flexibility index (Phi) is 5.54. The van der Waals surface area contributed by atoms with Crippen LogP contribution in [0.5, 0.6) is 0 Å². The van der Waals surface area contributed by atoms with Gasteiger partial charge in [-0.05, 0) is 50.2 Å². The molecule has 1 aromatic rings. The number of aryl methyl sites for hydroxylation is 3. The molecule has 0 bridgehead atoms. The summed E-state index contributed by atoms with van der Waals surface area (Å²) in [5.41, 5.74) is 4.32. The van der Waals surface area contributed by atoms with Crippen LogP contribution in [0.4, 0.5) is 0 Å². The van der Waals surface area contributed by atoms with Gasteiger partial charge in [0.15, 0.2) is 0 Å². The molecule has 0 spiro atoms. The SMILES string of the molecule is Cc1ccc(C)c(CCCC(Br)C(C)C)c1. The first-order valence-corrected chi connectivity index (χ1v) is 7.12. The fourth-order valence-corrected chi connectivity index (χ4v) is 2.21. The fourth-order valence-electron chi connectivity index (χ4n) is 1.89. The fraction of sp³-hybridized carbons (Fsp3) is 0.600. The first kappa shape index (κ1) is 13.8. The highest BCUT2D eigenvalue weighted by Gasteiger charge is 2.08. The van der Waals surface area contributed by atoms with Crippen molar-refractivity contribution in [2.75, 3.05) is 0 Å². The van der Waals surface area contributed by atoms with E-state index in [1.807, 2.05) is 0 Å². The van der Waals surface area contributed by atoms with Crippen LogP contribution in [-0.4, -0.2) is 4.83 Å². The van der Waals surface area contributed by atoms with Crippen LogP contribution in [0.2, 0.25) is 0 Å². The second kappa shape index (κ2) is 6.44. The minimum absolute atomic E-state index is 0.664. The maximum atomic E-state index is 3.75. The second-order valence-corrected chi connectivity index (χ2v) is 6.26. The van der Waals surface area contributed by atoms with E-state index in [1.54, 1.807) is 0 Å². The van der Waals surface area contributed by atoms with Gasteiger partial charge < -0.3 is 0 Å². The standard InChI is InChI=1S/C15H23Br/c1-11(2)15(16)7-5-6-14-10-12(3)8-9-13(14)4/h8-11,15H,5-7H2,1-4H3. The van der Waals surface area contributed by atoms with Crippen molar-refractivity contribution >= 4 is 15.9 Å². The summed E-state index contributed by atoms with van der Waals surface area (Å²) in [5, 5.41) is 0. The Morgan fingerprint density at radius 1 is 1.19 bits per heavy atom. The molecule has 1 rings (SSSR count). The van der Waals surface area contributed by atoms with Gasteiger partial charge in [-0.2, -0.15) is 0 Å². The molecule has 0 fully saturated rings. The van der Waals surface area contributed by atoms with E-state index in [-0.39, 0.29) is 0 Å². The summed E-state index contributed by atoms with van der Waals surface area (Å²) >= 11 is 3.75. The van der Waals surface area contributed by atoms with Crippen LogP contribution in [-0.2, 0) is 6.42 Å². The summed E-state index contributed by atoms with van der Waals surface area (Å²) in [6.07, 6.45) is 3.76. The minimum atomic E-state index is 0.664. The second-order valence-electron chi connectivity index (χ2n) is 5.08. The van der Waals surface area contributed by atoms with Crippen molar-refractivity contribution in [1.29, 1.82) is 0 Å². The third kappa shape index (κ3) is 4.29. The zero-order chi connectivity index (χ0) is 12.1. The lowest BCUT2D eigenvalue weighted by Crippen LogP contribution is -2.07. The predicted octanol–water partition coefficient (Wildman–Crippen LogP) is 5.05. The molecule has 1 atom stereocenters. The molecule has 0 saturated heterocycles. The smallest absolute Gasteiger partial charge is 0.0168 e. The van der Waals surface area contributed by atoms with Crippen LogP contribution in [0.3, 0.4) is 0 Å². The maximum absolute atomic E-state index is 3.75. The Hall–Kier alpha value is -0.300. The molecular weight excluding hydrogens is 260 g/mol. The van der Waals surface area contributed by atoms with Crippen LogP contribution >= 0.6 is 15.9 Å². The molecule has 1 aromatic carbocycles. The number of hydrogen-bond acceptors (Lipinski definition) is 0. The molecule has 0 aliphatic heterocycles. The largest absolute Gasteiger partial charge is 0.0888 e. The van der Waals surface area contributed by atoms with E-state index < -0.39 is 0 Å². The lowest BCUT2D eigenvalue weighted by molar-refractivity contribution is 0.562. The Morgan fingerprint density at radius 3 is 2.50 bits per heavy atom. The molecule has 1 unspecified atom stereocenters. The number of alkyl halides is 1. The van der Waals surface area contributed by atoms with Gasteiger partial charge in [0.1, 0.15) is 0 Å². The van der Waals surface area contributed by atoms with E-state index in [0.717, 1.165) is 5.92 Å². The highest BCUT2D eigenvalue weighted by Crippen LogP contribution is 2.20. The third-order valence-electron chi connectivity index (χ3n) is 3.15. The molecular formula is C15H23Br. The molecule has 0 N–H and O–H groups in total. The van der Waals surface area contributed by atoms with Crippen molar-refractivity contribution < 1.29 is 0 Å². The summed E-state index contributed by atoms with van der Waals surface area (Å²) in [4.78, 5) is 0.664. The van der Waals surface area contributed by atoms with Gasteiger partial charge in [-0.1, -0.05) is 53.5 Å². The average Bonchev–Trinajstić information content (AvgIpc) is 2.22. The summed E-state index contributed by atoms with van der Waals surface area (Å²) in [7, 11) is 0. The molecule has 0 saturated carbocycles. The number of rotatable bonds is 5. The van der Waals surface area contributed by atoms with Crippen molar-refractivity contribution in [3.8, 4) is 0 Å². The van der Waals surface area contributed by atoms with Crippen LogP contribution < -0.4 is 0 Å². The first-order valence-electron chi connectivity index (χ1n) is 6.21. The molecule has 16 heavy (non-hydrogen) atoms. The number of hydrogen-bond donors (Lipinski definition) is 0. The lowest BCUT2D eigenvalue weighted by atomic mass is 9.98. The zero-order valence-corrected chi connectivity index (χ0v) is 12.5. The van der Waals surface area contributed by atoms with E-state index in [1.165, 1.54) is 36.0 Å². The normalized spacial score (nSPS) is 13.1. The van der Waals surface area contributed by atoms with Crippen LogP contribution in [0.1, 0.15) is 43.4 Å². The quantitative estimate of drug-likeness (QED) is 0.664. The first-order chi connectivity index (χ1) is 7.50. The summed E-state index contributed by atoms with van der Waals surface area (Å²) in [6.45, 7) is 8.93. The summed E-state index contributed by atoms with van der Waals surface area (Å²) < 4.78 is 0. The van der Waals surface area contributed by atoms with Gasteiger partial charge in [-0.3, -0.25) is 0 Å². The maximum Gasteiger partial charge on any atom is 0.0168 e. The Labute approximate surface area is 109 Å². The van der Waals surface area contributed by atoms with Crippen molar-refractivity contribution in [1.82, 2.24) is 0 Å². The van der Waals surface area contributed by atoms with Gasteiger partial charge in [0.25, 0.3) is 0 Å². The van der Waals surface area contributed by atoms with E-state index in [0.29, 0.717) is 4.83 Å². The molecule has 0 radical (unpaired) electrons. The average molecular weight is 283 g/mol. The van der Waals surface area contributed by atoms with Gasteiger partial charge in [-0.15, -0.1) is 0 Å². The van der Waals surface area contributed by atoms with Crippen molar-refractivity contribution in [3.05, 3.63) is 34.9 Å². The molecule has 90 valence electrons. The third-order valence-corrected chi connectivity index (χ3v) is 4.67. The highest BCUT2D eigenvalue weighted by atomic mass is 79.9.